The quantitative estimate of drug-likeness (QED) is 0.572. The average Bonchev–Trinajstić information content (AvgIpc) is 3.20. The second kappa shape index (κ2) is 8.65. The normalized spacial score (nSPS) is 19.1. The first-order valence-corrected chi connectivity index (χ1v) is 10.2. The molecule has 2 heterocycles. The third-order valence-electron chi connectivity index (χ3n) is 5.57. The molecule has 7 heteroatoms. The number of likely N-dealkylation sites (tertiary alicyclic amines) is 1. The lowest BCUT2D eigenvalue weighted by Gasteiger charge is -2.31. The van der Waals surface area contributed by atoms with Crippen molar-refractivity contribution in [1.82, 2.24) is 4.90 Å². The first kappa shape index (κ1) is 20.1. The Morgan fingerprint density at radius 1 is 0.967 bits per heavy atom. The second-order valence-corrected chi connectivity index (χ2v) is 7.66. The highest BCUT2D eigenvalue weighted by Crippen LogP contribution is 2.26. The molecule has 0 aromatic heterocycles. The van der Waals surface area contributed by atoms with Crippen LogP contribution in [-0.4, -0.2) is 42.3 Å². The average molecular weight is 410 g/mol. The number of halogens is 1. The Morgan fingerprint density at radius 2 is 1.70 bits per heavy atom. The Morgan fingerprint density at radius 3 is 2.37 bits per heavy atom. The summed E-state index contributed by atoms with van der Waals surface area (Å²) in [4.78, 5) is 40.5. The van der Waals surface area contributed by atoms with Crippen LogP contribution in [0.15, 0.2) is 48.5 Å². The molecule has 1 unspecified atom stereocenters. The smallest absolute Gasteiger partial charge is 0.316 e. The van der Waals surface area contributed by atoms with Crippen LogP contribution in [-0.2, 0) is 9.59 Å². The highest BCUT2D eigenvalue weighted by molar-refractivity contribution is 5.95. The maximum Gasteiger partial charge on any atom is 0.316 e. The van der Waals surface area contributed by atoms with Crippen LogP contribution in [0, 0.1) is 11.7 Å². The molecule has 2 amide bonds. The maximum atomic E-state index is 13.1. The minimum atomic E-state index is -0.414. The van der Waals surface area contributed by atoms with E-state index in [2.05, 4.69) is 0 Å². The highest BCUT2D eigenvalue weighted by atomic mass is 19.1. The van der Waals surface area contributed by atoms with Gasteiger partial charge in [0.2, 0.25) is 5.91 Å². The first-order chi connectivity index (χ1) is 14.5. The van der Waals surface area contributed by atoms with Crippen molar-refractivity contribution in [3.05, 3.63) is 59.9 Å². The van der Waals surface area contributed by atoms with Crippen molar-refractivity contribution in [2.45, 2.75) is 25.7 Å². The molecule has 0 saturated carbocycles. The van der Waals surface area contributed by atoms with Gasteiger partial charge < -0.3 is 14.5 Å². The molecular weight excluding hydrogens is 387 g/mol. The number of esters is 1. The van der Waals surface area contributed by atoms with Crippen LogP contribution in [0.5, 0.6) is 5.75 Å². The molecule has 2 aliphatic rings. The van der Waals surface area contributed by atoms with Gasteiger partial charge in [-0.05, 0) is 67.8 Å². The van der Waals surface area contributed by atoms with Crippen LogP contribution in [0.25, 0.3) is 0 Å². The maximum absolute atomic E-state index is 13.1. The second-order valence-electron chi connectivity index (χ2n) is 7.66. The monoisotopic (exact) mass is 410 g/mol. The fourth-order valence-corrected chi connectivity index (χ4v) is 3.94. The van der Waals surface area contributed by atoms with E-state index in [9.17, 15) is 18.8 Å². The molecule has 0 bridgehead atoms. The van der Waals surface area contributed by atoms with E-state index in [-0.39, 0.29) is 24.3 Å². The minimum absolute atomic E-state index is 0.105. The van der Waals surface area contributed by atoms with Crippen LogP contribution in [0.2, 0.25) is 0 Å². The number of ether oxygens (including phenoxy) is 1. The lowest BCUT2D eigenvalue weighted by Crippen LogP contribution is -2.43. The molecule has 2 aliphatic heterocycles. The van der Waals surface area contributed by atoms with Crippen molar-refractivity contribution in [1.29, 1.82) is 0 Å². The van der Waals surface area contributed by atoms with Gasteiger partial charge in [0.25, 0.3) is 5.91 Å². The van der Waals surface area contributed by atoms with Crippen molar-refractivity contribution in [2.24, 2.45) is 5.92 Å². The highest BCUT2D eigenvalue weighted by Gasteiger charge is 2.30. The van der Waals surface area contributed by atoms with E-state index >= 15 is 0 Å². The van der Waals surface area contributed by atoms with E-state index in [1.165, 1.54) is 24.3 Å². The van der Waals surface area contributed by atoms with E-state index in [0.29, 0.717) is 43.7 Å². The molecule has 0 aliphatic carbocycles. The van der Waals surface area contributed by atoms with Gasteiger partial charge in [0.1, 0.15) is 11.6 Å². The molecule has 1 atom stereocenters. The topological polar surface area (TPSA) is 66.9 Å². The van der Waals surface area contributed by atoms with E-state index in [0.717, 1.165) is 12.1 Å². The summed E-state index contributed by atoms with van der Waals surface area (Å²) in [5, 5.41) is 0. The fourth-order valence-electron chi connectivity index (χ4n) is 3.94. The van der Waals surface area contributed by atoms with Gasteiger partial charge in [0.15, 0.2) is 0 Å². The van der Waals surface area contributed by atoms with Gasteiger partial charge in [-0.25, -0.2) is 4.39 Å². The molecule has 0 N–H and O–H groups in total. The summed E-state index contributed by atoms with van der Waals surface area (Å²) in [6.07, 6.45) is 2.76. The Balaban J connectivity index is 1.36. The molecule has 0 spiro atoms. The van der Waals surface area contributed by atoms with E-state index < -0.39 is 11.7 Å². The number of benzene rings is 2. The van der Waals surface area contributed by atoms with Crippen molar-refractivity contribution in [2.75, 3.05) is 24.5 Å². The molecular formula is C23H23FN2O4. The summed E-state index contributed by atoms with van der Waals surface area (Å²) in [5.41, 5.74) is 1.20. The number of amides is 2. The first-order valence-electron chi connectivity index (χ1n) is 10.2. The summed E-state index contributed by atoms with van der Waals surface area (Å²) in [7, 11) is 0. The minimum Gasteiger partial charge on any atom is -0.426 e. The van der Waals surface area contributed by atoms with Crippen LogP contribution in [0.4, 0.5) is 10.1 Å². The Labute approximate surface area is 174 Å². The van der Waals surface area contributed by atoms with Gasteiger partial charge in [0, 0.05) is 37.3 Å². The van der Waals surface area contributed by atoms with E-state index in [1.54, 1.807) is 34.1 Å². The van der Waals surface area contributed by atoms with Gasteiger partial charge in [-0.3, -0.25) is 14.4 Å². The van der Waals surface area contributed by atoms with Gasteiger partial charge in [-0.15, -0.1) is 0 Å². The zero-order valence-corrected chi connectivity index (χ0v) is 16.6. The van der Waals surface area contributed by atoms with Gasteiger partial charge >= 0.3 is 5.97 Å². The van der Waals surface area contributed by atoms with Gasteiger partial charge in [0.05, 0.1) is 5.92 Å². The van der Waals surface area contributed by atoms with Crippen LogP contribution in [0.3, 0.4) is 0 Å². The van der Waals surface area contributed by atoms with Crippen molar-refractivity contribution < 1.29 is 23.5 Å². The Hall–Kier alpha value is -3.22. The van der Waals surface area contributed by atoms with Crippen molar-refractivity contribution in [3.63, 3.8) is 0 Å². The number of carbonyl (C=O) groups excluding carboxylic acids is 3. The molecule has 2 fully saturated rings. The van der Waals surface area contributed by atoms with Crippen LogP contribution in [0.1, 0.15) is 36.0 Å². The summed E-state index contributed by atoms with van der Waals surface area (Å²) < 4.78 is 18.6. The van der Waals surface area contributed by atoms with E-state index in [1.807, 2.05) is 0 Å². The third kappa shape index (κ3) is 4.35. The number of carbonyl (C=O) groups is 3. The van der Waals surface area contributed by atoms with Crippen molar-refractivity contribution >= 4 is 23.5 Å². The predicted octanol–water partition coefficient (Wildman–Crippen LogP) is 3.41. The molecule has 2 saturated heterocycles. The molecule has 4 rings (SSSR count). The Bertz CT molecular complexity index is 943. The number of hydrogen-bond donors (Lipinski definition) is 0. The fraction of sp³-hybridized carbons (Fsp3) is 0.348. The van der Waals surface area contributed by atoms with Crippen molar-refractivity contribution in [3.8, 4) is 5.75 Å². The Kier molecular flexibility index (Phi) is 5.79. The zero-order valence-electron chi connectivity index (χ0n) is 16.6. The molecule has 2 aromatic carbocycles. The number of piperidine rings is 1. The van der Waals surface area contributed by atoms with Crippen LogP contribution < -0.4 is 9.64 Å². The van der Waals surface area contributed by atoms with Gasteiger partial charge in [-0.2, -0.15) is 0 Å². The summed E-state index contributed by atoms with van der Waals surface area (Å²) in [5.74, 6) is -0.885. The molecule has 156 valence electrons. The number of rotatable bonds is 4. The predicted molar refractivity (Wildman–Crippen MR) is 109 cm³/mol. The molecule has 6 nitrogen and oxygen atoms in total. The standard InChI is InChI=1S/C23H23FN2O4/c24-18-7-5-16(6-8-18)22(28)25-13-1-3-17(15-25)23(29)30-20-11-9-19(10-12-20)26-14-2-4-21(26)27/h5-12,17H,1-4,13-15H2. The summed E-state index contributed by atoms with van der Waals surface area (Å²) in [6.45, 7) is 1.53. The van der Waals surface area contributed by atoms with Crippen LogP contribution >= 0.6 is 0 Å². The van der Waals surface area contributed by atoms with Gasteiger partial charge in [-0.1, -0.05) is 0 Å². The lowest BCUT2D eigenvalue weighted by molar-refractivity contribution is -0.140. The number of nitrogens with zero attached hydrogens (tertiary/aromatic N) is 2. The molecule has 0 radical (unpaired) electrons. The molecule has 30 heavy (non-hydrogen) atoms. The zero-order chi connectivity index (χ0) is 21.1. The van der Waals surface area contributed by atoms with E-state index in [4.69, 9.17) is 4.74 Å². The lowest BCUT2D eigenvalue weighted by atomic mass is 9.97. The summed E-state index contributed by atoms with van der Waals surface area (Å²) >= 11 is 0. The number of anilines is 1. The molecule has 2 aromatic rings. The SMILES string of the molecule is O=C(Oc1ccc(N2CCCC2=O)cc1)C1CCCN(C(=O)c2ccc(F)cc2)C1. The number of hydrogen-bond acceptors (Lipinski definition) is 4. The third-order valence-corrected chi connectivity index (χ3v) is 5.57. The summed E-state index contributed by atoms with van der Waals surface area (Å²) in [6, 6.07) is 12.3. The largest absolute Gasteiger partial charge is 0.426 e.